The van der Waals surface area contributed by atoms with E-state index < -0.39 is 26.4 Å². The maximum Gasteiger partial charge on any atom is 0.353 e. The molecule has 0 aliphatic carbocycles. The lowest BCUT2D eigenvalue weighted by Gasteiger charge is -2.12. The van der Waals surface area contributed by atoms with Crippen LogP contribution in [0.1, 0.15) is 0 Å². The van der Waals surface area contributed by atoms with Crippen molar-refractivity contribution >= 4 is 26.0 Å². The van der Waals surface area contributed by atoms with Crippen molar-refractivity contribution in [2.45, 2.75) is 11.1 Å². The molecule has 0 saturated carbocycles. The van der Waals surface area contributed by atoms with Crippen molar-refractivity contribution in [2.75, 3.05) is 5.33 Å². The van der Waals surface area contributed by atoms with E-state index in [2.05, 4.69) is 21.0 Å². The number of alkyl halides is 3. The average Bonchev–Trinajstić information content (AvgIpc) is 2.51. The Bertz CT molecular complexity index is 430. The summed E-state index contributed by atoms with van der Waals surface area (Å²) in [6.45, 7) is 0. The van der Waals surface area contributed by atoms with Gasteiger partial charge in [0, 0.05) is 6.20 Å². The first-order valence-electron chi connectivity index (χ1n) is 3.30. The van der Waals surface area contributed by atoms with Gasteiger partial charge in [-0.2, -0.15) is 13.9 Å². The van der Waals surface area contributed by atoms with Gasteiger partial charge >= 0.3 is 6.05 Å². The van der Waals surface area contributed by atoms with E-state index in [1.165, 1.54) is 0 Å². The van der Waals surface area contributed by atoms with Gasteiger partial charge in [0.05, 0.1) is 5.33 Å². The zero-order valence-corrected chi connectivity index (χ0v) is 9.09. The highest BCUT2D eigenvalue weighted by molar-refractivity contribution is 9.09. The molecular formula is C5H6BrF2N3O2S. The number of hydrogen-bond acceptors (Lipinski definition) is 3. The van der Waals surface area contributed by atoms with Crippen LogP contribution in [0.2, 0.25) is 0 Å². The van der Waals surface area contributed by atoms with Gasteiger partial charge in [0.15, 0.2) is 5.03 Å². The molecule has 1 heterocycles. The summed E-state index contributed by atoms with van der Waals surface area (Å²) < 4.78 is 47.5. The Morgan fingerprint density at radius 3 is 2.57 bits per heavy atom. The molecule has 0 spiro atoms. The van der Waals surface area contributed by atoms with Crippen molar-refractivity contribution in [3.8, 4) is 0 Å². The molecule has 1 aromatic heterocycles. The average molecular weight is 290 g/mol. The van der Waals surface area contributed by atoms with E-state index in [-0.39, 0.29) is 4.68 Å². The minimum absolute atomic E-state index is 0.238. The monoisotopic (exact) mass is 289 g/mol. The fourth-order valence-electron chi connectivity index (χ4n) is 0.702. The molecular weight excluding hydrogens is 284 g/mol. The molecule has 0 fully saturated rings. The van der Waals surface area contributed by atoms with Gasteiger partial charge in [-0.15, -0.1) is 0 Å². The van der Waals surface area contributed by atoms with Gasteiger partial charge in [-0.05, 0) is 6.07 Å². The Morgan fingerprint density at radius 2 is 2.21 bits per heavy atom. The lowest BCUT2D eigenvalue weighted by molar-refractivity contribution is -0.0666. The number of halogens is 3. The second-order valence-electron chi connectivity index (χ2n) is 2.44. The molecule has 80 valence electrons. The third-order valence-electron chi connectivity index (χ3n) is 1.35. The molecule has 0 saturated heterocycles. The van der Waals surface area contributed by atoms with E-state index in [1.54, 1.807) is 0 Å². The van der Waals surface area contributed by atoms with E-state index in [0.717, 1.165) is 12.3 Å². The van der Waals surface area contributed by atoms with Crippen LogP contribution in [0.3, 0.4) is 0 Å². The highest BCUT2D eigenvalue weighted by Gasteiger charge is 2.31. The topological polar surface area (TPSA) is 78.0 Å². The molecule has 0 unspecified atom stereocenters. The second kappa shape index (κ2) is 3.55. The molecule has 0 amide bonds. The number of hydrogen-bond donors (Lipinski definition) is 1. The predicted octanol–water partition coefficient (Wildman–Crippen LogP) is 0.475. The Morgan fingerprint density at radius 1 is 1.64 bits per heavy atom. The van der Waals surface area contributed by atoms with Gasteiger partial charge in [-0.1, -0.05) is 15.9 Å². The molecule has 1 aromatic rings. The van der Waals surface area contributed by atoms with Gasteiger partial charge in [-0.3, -0.25) is 0 Å². The van der Waals surface area contributed by atoms with Crippen molar-refractivity contribution in [3.63, 3.8) is 0 Å². The fourth-order valence-corrected chi connectivity index (χ4v) is 1.41. The van der Waals surface area contributed by atoms with Gasteiger partial charge < -0.3 is 0 Å². The highest BCUT2D eigenvalue weighted by atomic mass is 79.9. The Hall–Kier alpha value is -0.540. The normalized spacial score (nSPS) is 13.1. The lowest BCUT2D eigenvalue weighted by atomic mass is 10.6. The third kappa shape index (κ3) is 2.28. The molecule has 0 aliphatic rings. The Balaban J connectivity index is 3.13. The molecule has 1 rings (SSSR count). The van der Waals surface area contributed by atoms with Crippen LogP contribution >= 0.6 is 15.9 Å². The summed E-state index contributed by atoms with van der Waals surface area (Å²) >= 11 is 2.58. The maximum atomic E-state index is 12.9. The van der Waals surface area contributed by atoms with Crippen molar-refractivity contribution in [2.24, 2.45) is 5.14 Å². The first-order valence-corrected chi connectivity index (χ1v) is 5.97. The van der Waals surface area contributed by atoms with Crippen LogP contribution in [0.15, 0.2) is 17.3 Å². The summed E-state index contributed by atoms with van der Waals surface area (Å²) in [7, 11) is -4.03. The van der Waals surface area contributed by atoms with E-state index in [9.17, 15) is 17.2 Å². The van der Waals surface area contributed by atoms with E-state index in [0.29, 0.717) is 0 Å². The van der Waals surface area contributed by atoms with Crippen molar-refractivity contribution in [3.05, 3.63) is 12.3 Å². The molecule has 9 heteroatoms. The zero-order valence-electron chi connectivity index (χ0n) is 6.69. The van der Waals surface area contributed by atoms with Crippen LogP contribution in [0.25, 0.3) is 0 Å². The van der Waals surface area contributed by atoms with Crippen molar-refractivity contribution in [1.82, 2.24) is 9.78 Å². The van der Waals surface area contributed by atoms with Gasteiger partial charge in [-0.25, -0.2) is 18.2 Å². The van der Waals surface area contributed by atoms with E-state index >= 15 is 0 Å². The number of aromatic nitrogens is 2. The predicted molar refractivity (Wildman–Crippen MR) is 47.6 cm³/mol. The van der Waals surface area contributed by atoms with Crippen LogP contribution in [0, 0.1) is 0 Å². The van der Waals surface area contributed by atoms with E-state index in [4.69, 9.17) is 5.14 Å². The number of primary sulfonamides is 1. The van der Waals surface area contributed by atoms with Gasteiger partial charge in [0.2, 0.25) is 0 Å². The molecule has 0 bridgehead atoms. The Labute approximate surface area is 87.1 Å². The molecule has 5 nitrogen and oxygen atoms in total. The summed E-state index contributed by atoms with van der Waals surface area (Å²) in [6, 6.07) is -2.37. The third-order valence-corrected chi connectivity index (χ3v) is 2.83. The number of sulfonamides is 1. The highest BCUT2D eigenvalue weighted by Crippen LogP contribution is 2.22. The van der Waals surface area contributed by atoms with Crippen LogP contribution in [-0.2, 0) is 16.1 Å². The SMILES string of the molecule is NS(=O)(=O)c1ccn(C(F)(F)CBr)n1. The maximum absolute atomic E-state index is 12.9. The summed E-state index contributed by atoms with van der Waals surface area (Å²) in [5, 5.41) is 6.60. The van der Waals surface area contributed by atoms with Crippen molar-refractivity contribution < 1.29 is 17.2 Å². The first kappa shape index (κ1) is 11.5. The standard InChI is InChI=1S/C5H6BrF2N3O2S/c6-3-5(7,8)11-2-1-4(10-11)14(9,12)13/h1-2H,3H2,(H2,9,12,13). The largest absolute Gasteiger partial charge is 0.353 e. The molecule has 0 atom stereocenters. The molecule has 14 heavy (non-hydrogen) atoms. The minimum Gasteiger partial charge on any atom is -0.223 e. The quantitative estimate of drug-likeness (QED) is 0.822. The van der Waals surface area contributed by atoms with Gasteiger partial charge in [0.1, 0.15) is 0 Å². The molecule has 0 radical (unpaired) electrons. The molecule has 2 N–H and O–H groups in total. The minimum atomic E-state index is -4.03. The molecule has 0 aliphatic heterocycles. The van der Waals surface area contributed by atoms with E-state index in [1.807, 2.05) is 0 Å². The zero-order chi connectivity index (χ0) is 11.0. The smallest absolute Gasteiger partial charge is 0.223 e. The summed E-state index contributed by atoms with van der Waals surface area (Å²) in [6.07, 6.45) is 0.848. The van der Waals surface area contributed by atoms with Crippen LogP contribution in [-0.4, -0.2) is 23.5 Å². The number of rotatable bonds is 3. The fraction of sp³-hybridized carbons (Fsp3) is 0.400. The lowest BCUT2D eigenvalue weighted by Crippen LogP contribution is -2.26. The first-order chi connectivity index (χ1) is 6.27. The number of nitrogens with zero attached hydrogens (tertiary/aromatic N) is 2. The van der Waals surface area contributed by atoms with Crippen LogP contribution in [0.5, 0.6) is 0 Å². The van der Waals surface area contributed by atoms with Gasteiger partial charge in [0.25, 0.3) is 10.0 Å². The van der Waals surface area contributed by atoms with Crippen LogP contribution < -0.4 is 5.14 Å². The number of nitrogens with two attached hydrogens (primary N) is 1. The summed E-state index contributed by atoms with van der Waals surface area (Å²) in [5.41, 5.74) is 0. The summed E-state index contributed by atoms with van der Waals surface area (Å²) in [5.74, 6) is 0. The second-order valence-corrected chi connectivity index (χ2v) is 4.51. The Kier molecular flexibility index (Phi) is 2.93. The summed E-state index contributed by atoms with van der Waals surface area (Å²) in [4.78, 5) is 0. The van der Waals surface area contributed by atoms with Crippen LogP contribution in [0.4, 0.5) is 8.78 Å². The van der Waals surface area contributed by atoms with Crippen molar-refractivity contribution in [1.29, 1.82) is 0 Å². The molecule has 0 aromatic carbocycles.